The molecule has 0 aliphatic carbocycles. The molecule has 0 aliphatic rings. The maximum Gasteiger partial charge on any atom is 0.148 e. The first kappa shape index (κ1) is 12.6. The van der Waals surface area contributed by atoms with Crippen molar-refractivity contribution in [3.05, 3.63) is 29.2 Å². The van der Waals surface area contributed by atoms with Crippen LogP contribution in [0.25, 0.3) is 10.9 Å². The number of hydrazine groups is 1. The molecule has 0 bridgehead atoms. The minimum atomic E-state index is -0.372. The first-order valence-electron chi connectivity index (χ1n) is 5.75. The first-order valence-corrected chi connectivity index (χ1v) is 5.75. The van der Waals surface area contributed by atoms with Crippen molar-refractivity contribution in [3.63, 3.8) is 0 Å². The quantitative estimate of drug-likeness (QED) is 0.648. The number of nitrogens with one attached hydrogen (secondary N) is 1. The molecule has 0 saturated heterocycles. The number of nitrogen functional groups attached to an aromatic ring is 1. The number of methoxy groups -OCH3 is 1. The summed E-state index contributed by atoms with van der Waals surface area (Å²) in [7, 11) is 1.49. The van der Waals surface area contributed by atoms with Gasteiger partial charge in [-0.15, -0.1) is 0 Å². The van der Waals surface area contributed by atoms with Crippen molar-refractivity contribution in [2.24, 2.45) is 5.84 Å². The predicted molar refractivity (Wildman–Crippen MR) is 70.2 cm³/mol. The number of rotatable bonds is 3. The Morgan fingerprint density at radius 3 is 2.72 bits per heavy atom. The summed E-state index contributed by atoms with van der Waals surface area (Å²) < 4.78 is 18.7. The summed E-state index contributed by atoms with van der Waals surface area (Å²) in [6, 6.07) is 2.74. The molecule has 0 saturated carbocycles. The number of halogens is 1. The van der Waals surface area contributed by atoms with Crippen LogP contribution in [0, 0.1) is 12.7 Å². The molecule has 2 aromatic rings. The highest BCUT2D eigenvalue weighted by Gasteiger charge is 2.15. The number of nitrogens with zero attached hydrogens (tertiary/aromatic N) is 1. The lowest BCUT2D eigenvalue weighted by molar-refractivity contribution is 0.415. The lowest BCUT2D eigenvalue weighted by atomic mass is 10.0. The summed E-state index contributed by atoms with van der Waals surface area (Å²) >= 11 is 0. The van der Waals surface area contributed by atoms with E-state index in [9.17, 15) is 4.39 Å². The van der Waals surface area contributed by atoms with Crippen LogP contribution in [0.15, 0.2) is 12.1 Å². The van der Waals surface area contributed by atoms with E-state index in [1.165, 1.54) is 19.2 Å². The number of ether oxygens (including phenoxy) is 1. The molecule has 3 N–H and O–H groups in total. The second-order valence-corrected chi connectivity index (χ2v) is 4.05. The topological polar surface area (TPSA) is 60.2 Å². The second-order valence-electron chi connectivity index (χ2n) is 4.05. The van der Waals surface area contributed by atoms with Gasteiger partial charge in [0.1, 0.15) is 17.1 Å². The third kappa shape index (κ3) is 1.86. The molecular weight excluding hydrogens is 233 g/mol. The predicted octanol–water partition coefficient (Wildman–Crippen LogP) is 2.54. The molecular formula is C13H16FN3O. The van der Waals surface area contributed by atoms with Gasteiger partial charge in [-0.1, -0.05) is 6.92 Å². The maximum atomic E-state index is 13.6. The van der Waals surface area contributed by atoms with Gasteiger partial charge in [0.25, 0.3) is 0 Å². The Labute approximate surface area is 105 Å². The van der Waals surface area contributed by atoms with E-state index in [-0.39, 0.29) is 5.82 Å². The van der Waals surface area contributed by atoms with E-state index in [0.717, 1.165) is 17.7 Å². The number of benzene rings is 1. The molecule has 0 radical (unpaired) electrons. The molecule has 0 unspecified atom stereocenters. The monoisotopic (exact) mass is 249 g/mol. The van der Waals surface area contributed by atoms with Crippen molar-refractivity contribution in [2.45, 2.75) is 20.3 Å². The number of nitrogens with two attached hydrogens (primary N) is 1. The van der Waals surface area contributed by atoms with E-state index < -0.39 is 0 Å². The molecule has 96 valence electrons. The van der Waals surface area contributed by atoms with Crippen molar-refractivity contribution >= 4 is 16.6 Å². The molecule has 0 spiro atoms. The largest absolute Gasteiger partial charge is 0.494 e. The van der Waals surface area contributed by atoms with Gasteiger partial charge in [0.15, 0.2) is 0 Å². The highest BCUT2D eigenvalue weighted by Crippen LogP contribution is 2.34. The van der Waals surface area contributed by atoms with E-state index in [4.69, 9.17) is 10.6 Å². The Morgan fingerprint density at radius 1 is 1.44 bits per heavy atom. The van der Waals surface area contributed by atoms with Crippen molar-refractivity contribution < 1.29 is 9.13 Å². The van der Waals surface area contributed by atoms with Crippen LogP contribution in [-0.4, -0.2) is 12.1 Å². The number of pyridine rings is 1. The van der Waals surface area contributed by atoms with Crippen LogP contribution in [0.3, 0.4) is 0 Å². The molecule has 1 aromatic carbocycles. The number of anilines is 1. The Morgan fingerprint density at radius 2 is 2.17 bits per heavy atom. The van der Waals surface area contributed by atoms with Gasteiger partial charge in [0.05, 0.1) is 12.8 Å². The van der Waals surface area contributed by atoms with Gasteiger partial charge in [-0.25, -0.2) is 9.37 Å². The Balaban J connectivity index is 2.92. The maximum absolute atomic E-state index is 13.6. The van der Waals surface area contributed by atoms with E-state index in [0.29, 0.717) is 22.3 Å². The fraction of sp³-hybridized carbons (Fsp3) is 0.308. The summed E-state index contributed by atoms with van der Waals surface area (Å²) in [5.41, 5.74) is 5.81. The number of hydrogen-bond acceptors (Lipinski definition) is 4. The van der Waals surface area contributed by atoms with Crippen LogP contribution < -0.4 is 16.0 Å². The van der Waals surface area contributed by atoms with Crippen molar-refractivity contribution in [1.29, 1.82) is 0 Å². The van der Waals surface area contributed by atoms with E-state index >= 15 is 0 Å². The fourth-order valence-electron chi connectivity index (χ4n) is 2.21. The van der Waals surface area contributed by atoms with Gasteiger partial charge >= 0.3 is 0 Å². The second kappa shape index (κ2) is 4.78. The zero-order valence-corrected chi connectivity index (χ0v) is 10.7. The first-order chi connectivity index (χ1) is 8.62. The van der Waals surface area contributed by atoms with Crippen molar-refractivity contribution in [3.8, 4) is 5.75 Å². The van der Waals surface area contributed by atoms with Crippen molar-refractivity contribution in [2.75, 3.05) is 12.5 Å². The van der Waals surface area contributed by atoms with Crippen LogP contribution in [0.2, 0.25) is 0 Å². The normalized spacial score (nSPS) is 10.7. The van der Waals surface area contributed by atoms with Crippen LogP contribution >= 0.6 is 0 Å². The number of aromatic nitrogens is 1. The third-order valence-corrected chi connectivity index (χ3v) is 3.04. The fourth-order valence-corrected chi connectivity index (χ4v) is 2.21. The minimum Gasteiger partial charge on any atom is -0.494 e. The average Bonchev–Trinajstić information content (AvgIpc) is 2.36. The van der Waals surface area contributed by atoms with Gasteiger partial charge in [0.2, 0.25) is 0 Å². The van der Waals surface area contributed by atoms with Gasteiger partial charge in [-0.05, 0) is 25.0 Å². The molecule has 2 rings (SSSR count). The number of aryl methyl sites for hydroxylation is 1. The van der Waals surface area contributed by atoms with E-state index in [1.54, 1.807) is 0 Å². The van der Waals surface area contributed by atoms with Crippen LogP contribution in [0.5, 0.6) is 5.75 Å². The summed E-state index contributed by atoms with van der Waals surface area (Å²) in [6.07, 6.45) is 0.771. The molecule has 18 heavy (non-hydrogen) atoms. The Hall–Kier alpha value is -1.88. The summed E-state index contributed by atoms with van der Waals surface area (Å²) in [6.45, 7) is 3.91. The SMILES string of the molecule is CCc1c(C)nc2c(OC)cc(F)cc2c1NN. The molecule has 4 nitrogen and oxygen atoms in total. The third-order valence-electron chi connectivity index (χ3n) is 3.04. The average molecular weight is 249 g/mol. The van der Waals surface area contributed by atoms with Crippen LogP contribution in [0.4, 0.5) is 10.1 Å². The molecule has 1 aromatic heterocycles. The summed E-state index contributed by atoms with van der Waals surface area (Å²) in [5.74, 6) is 5.60. The van der Waals surface area contributed by atoms with E-state index in [1.807, 2.05) is 13.8 Å². The van der Waals surface area contributed by atoms with E-state index in [2.05, 4.69) is 10.4 Å². The lowest BCUT2D eigenvalue weighted by Crippen LogP contribution is -2.12. The Bertz CT molecular complexity index is 599. The molecule has 5 heteroatoms. The zero-order chi connectivity index (χ0) is 13.3. The minimum absolute atomic E-state index is 0.372. The van der Waals surface area contributed by atoms with Crippen LogP contribution in [-0.2, 0) is 6.42 Å². The van der Waals surface area contributed by atoms with Crippen LogP contribution in [0.1, 0.15) is 18.2 Å². The molecule has 0 aliphatic heterocycles. The molecule has 0 fully saturated rings. The summed E-state index contributed by atoms with van der Waals surface area (Å²) in [4.78, 5) is 4.48. The summed E-state index contributed by atoms with van der Waals surface area (Å²) in [5, 5.41) is 0.636. The lowest BCUT2D eigenvalue weighted by Gasteiger charge is -2.15. The standard InChI is InChI=1S/C13H16FN3O/c1-4-9-7(2)16-13-10(12(9)17-15)5-8(14)6-11(13)18-3/h5-6H,4,15H2,1-3H3,(H,16,17). The molecule has 0 atom stereocenters. The zero-order valence-electron chi connectivity index (χ0n) is 10.7. The van der Waals surface area contributed by atoms with Gasteiger partial charge < -0.3 is 10.2 Å². The molecule has 1 heterocycles. The van der Waals surface area contributed by atoms with Gasteiger partial charge in [-0.3, -0.25) is 5.84 Å². The molecule has 0 amide bonds. The van der Waals surface area contributed by atoms with Gasteiger partial charge in [0, 0.05) is 17.1 Å². The number of hydrogen-bond donors (Lipinski definition) is 2. The smallest absolute Gasteiger partial charge is 0.148 e. The van der Waals surface area contributed by atoms with Gasteiger partial charge in [-0.2, -0.15) is 0 Å². The Kier molecular flexibility index (Phi) is 3.34. The number of fused-ring (bicyclic) bond motifs is 1. The highest BCUT2D eigenvalue weighted by molar-refractivity contribution is 5.96. The van der Waals surface area contributed by atoms with Crippen molar-refractivity contribution in [1.82, 2.24) is 4.98 Å². The highest BCUT2D eigenvalue weighted by atomic mass is 19.1.